The molecule has 0 radical (unpaired) electrons. The van der Waals surface area contributed by atoms with Crippen molar-refractivity contribution >= 4 is 5.78 Å². The van der Waals surface area contributed by atoms with Crippen molar-refractivity contribution in [1.82, 2.24) is 4.98 Å². The molecule has 1 heterocycles. The fourth-order valence-corrected chi connectivity index (χ4v) is 2.67. The summed E-state index contributed by atoms with van der Waals surface area (Å²) in [6.07, 6.45) is 4.91. The molecule has 3 atom stereocenters. The smallest absolute Gasteiger partial charge is 0.145 e. The molecule has 0 aromatic carbocycles. The molecule has 78 valence electrons. The molecule has 2 nitrogen and oxygen atoms in total. The maximum atomic E-state index is 12.1. The molecule has 3 rings (SSSR count). The minimum atomic E-state index is 0.108. The molecule has 1 aromatic heterocycles. The highest BCUT2D eigenvalue weighted by Gasteiger charge is 2.44. The van der Waals surface area contributed by atoms with Crippen LogP contribution in [0.5, 0.6) is 0 Å². The first-order chi connectivity index (χ1) is 7.27. The highest BCUT2D eigenvalue weighted by atomic mass is 16.1. The van der Waals surface area contributed by atoms with Gasteiger partial charge in [-0.05, 0) is 36.8 Å². The lowest BCUT2D eigenvalue weighted by Gasteiger charge is -2.08. The van der Waals surface area contributed by atoms with E-state index in [9.17, 15) is 4.79 Å². The van der Waals surface area contributed by atoms with Crippen molar-refractivity contribution in [2.75, 3.05) is 0 Å². The second kappa shape index (κ2) is 3.16. The van der Waals surface area contributed by atoms with Crippen LogP contribution in [0.4, 0.5) is 0 Å². The maximum Gasteiger partial charge on any atom is 0.145 e. The molecule has 15 heavy (non-hydrogen) atoms. The Kier molecular flexibility index (Phi) is 1.91. The summed E-state index contributed by atoms with van der Waals surface area (Å²) in [7, 11) is 0. The zero-order valence-electron chi connectivity index (χ0n) is 8.94. The fourth-order valence-electron chi connectivity index (χ4n) is 2.67. The van der Waals surface area contributed by atoms with Gasteiger partial charge in [-0.1, -0.05) is 13.0 Å². The highest BCUT2D eigenvalue weighted by molar-refractivity contribution is 5.90. The van der Waals surface area contributed by atoms with Gasteiger partial charge in [0.05, 0.1) is 11.6 Å². The number of hydrogen-bond acceptors (Lipinski definition) is 2. The fraction of sp³-hybridized carbons (Fsp3) is 0.538. The van der Waals surface area contributed by atoms with E-state index in [1.54, 1.807) is 6.20 Å². The van der Waals surface area contributed by atoms with Crippen molar-refractivity contribution in [3.05, 3.63) is 29.6 Å². The molecular weight excluding hydrogens is 186 g/mol. The van der Waals surface area contributed by atoms with E-state index in [2.05, 4.69) is 18.0 Å². The molecule has 1 aromatic rings. The quantitative estimate of drug-likeness (QED) is 0.735. The van der Waals surface area contributed by atoms with Crippen molar-refractivity contribution < 1.29 is 4.79 Å². The van der Waals surface area contributed by atoms with Gasteiger partial charge in [0.25, 0.3) is 0 Å². The molecule has 1 saturated carbocycles. The van der Waals surface area contributed by atoms with Gasteiger partial charge in [-0.3, -0.25) is 9.78 Å². The topological polar surface area (TPSA) is 30.0 Å². The van der Waals surface area contributed by atoms with E-state index < -0.39 is 0 Å². The Bertz CT molecular complexity index is 413. The van der Waals surface area contributed by atoms with Gasteiger partial charge in [0.15, 0.2) is 0 Å². The predicted molar refractivity (Wildman–Crippen MR) is 57.6 cm³/mol. The third-order valence-electron chi connectivity index (χ3n) is 3.78. The van der Waals surface area contributed by atoms with Crippen LogP contribution in [0.3, 0.4) is 0 Å². The first kappa shape index (κ1) is 9.08. The first-order valence-electron chi connectivity index (χ1n) is 5.75. The number of fused-ring (bicyclic) bond motifs is 1. The number of carbonyl (C=O) groups is 1. The summed E-state index contributed by atoms with van der Waals surface area (Å²) in [5.41, 5.74) is 2.34. The predicted octanol–water partition coefficient (Wildman–Crippen LogP) is 2.34. The van der Waals surface area contributed by atoms with Crippen LogP contribution >= 0.6 is 0 Å². The van der Waals surface area contributed by atoms with Crippen molar-refractivity contribution in [2.24, 2.45) is 11.8 Å². The standard InChI is InChI=1S/C13H15NO/c1-8-7-11(8)13(15)10-5-4-9-3-2-6-14-12(9)10/h2-3,6,8,10-11H,4-5,7H2,1H3. The average Bonchev–Trinajstić information content (AvgIpc) is 2.83. The normalized spacial score (nSPS) is 32.5. The molecule has 2 aliphatic carbocycles. The Morgan fingerprint density at radius 2 is 2.33 bits per heavy atom. The molecule has 2 aliphatic rings. The number of aromatic nitrogens is 1. The van der Waals surface area contributed by atoms with E-state index in [1.165, 1.54) is 5.56 Å². The Hall–Kier alpha value is -1.18. The summed E-state index contributed by atoms with van der Waals surface area (Å²) in [6, 6.07) is 4.07. The zero-order chi connectivity index (χ0) is 10.4. The summed E-state index contributed by atoms with van der Waals surface area (Å²) >= 11 is 0. The third-order valence-corrected chi connectivity index (χ3v) is 3.78. The summed E-state index contributed by atoms with van der Waals surface area (Å²) in [4.78, 5) is 16.5. The number of Topliss-reactive ketones (excluding diaryl/α,β-unsaturated/α-hetero) is 1. The molecule has 0 saturated heterocycles. The minimum absolute atomic E-state index is 0.108. The van der Waals surface area contributed by atoms with Crippen LogP contribution in [0.15, 0.2) is 18.3 Å². The van der Waals surface area contributed by atoms with E-state index in [1.807, 2.05) is 6.07 Å². The monoisotopic (exact) mass is 201 g/mol. The van der Waals surface area contributed by atoms with Crippen LogP contribution in [0.1, 0.15) is 36.9 Å². The number of rotatable bonds is 2. The van der Waals surface area contributed by atoms with E-state index in [0.29, 0.717) is 17.6 Å². The van der Waals surface area contributed by atoms with Gasteiger partial charge in [0.1, 0.15) is 5.78 Å². The number of nitrogens with zero attached hydrogens (tertiary/aromatic N) is 1. The first-order valence-corrected chi connectivity index (χ1v) is 5.75. The van der Waals surface area contributed by atoms with Gasteiger partial charge in [-0.15, -0.1) is 0 Å². The molecule has 0 spiro atoms. The number of hydrogen-bond donors (Lipinski definition) is 0. The van der Waals surface area contributed by atoms with Gasteiger partial charge >= 0.3 is 0 Å². The van der Waals surface area contributed by atoms with E-state index in [0.717, 1.165) is 25.0 Å². The number of aryl methyl sites for hydroxylation is 1. The number of ketones is 1. The molecule has 0 amide bonds. The average molecular weight is 201 g/mol. The second-order valence-corrected chi connectivity index (χ2v) is 4.86. The maximum absolute atomic E-state index is 12.1. The van der Waals surface area contributed by atoms with Crippen molar-refractivity contribution in [3.8, 4) is 0 Å². The lowest BCUT2D eigenvalue weighted by Crippen LogP contribution is -2.13. The molecule has 2 heteroatoms. The second-order valence-electron chi connectivity index (χ2n) is 4.86. The molecule has 1 fully saturated rings. The summed E-state index contributed by atoms with van der Waals surface area (Å²) in [5.74, 6) is 1.50. The SMILES string of the molecule is CC1CC1C(=O)C1CCc2cccnc21. The van der Waals surface area contributed by atoms with Crippen LogP contribution < -0.4 is 0 Å². The highest BCUT2D eigenvalue weighted by Crippen LogP contribution is 2.44. The van der Waals surface area contributed by atoms with Crippen molar-refractivity contribution in [1.29, 1.82) is 0 Å². The number of carbonyl (C=O) groups excluding carboxylic acids is 1. The minimum Gasteiger partial charge on any atom is -0.299 e. The van der Waals surface area contributed by atoms with Crippen LogP contribution in [0.2, 0.25) is 0 Å². The third kappa shape index (κ3) is 1.39. The van der Waals surface area contributed by atoms with Gasteiger partial charge in [-0.2, -0.15) is 0 Å². The van der Waals surface area contributed by atoms with Gasteiger partial charge in [-0.25, -0.2) is 0 Å². The Balaban J connectivity index is 1.87. The molecule has 3 unspecified atom stereocenters. The zero-order valence-corrected chi connectivity index (χ0v) is 8.94. The summed E-state index contributed by atoms with van der Waals surface area (Å²) in [6.45, 7) is 2.16. The molecule has 0 N–H and O–H groups in total. The van der Waals surface area contributed by atoms with Crippen LogP contribution in [-0.2, 0) is 11.2 Å². The Morgan fingerprint density at radius 3 is 3.07 bits per heavy atom. The van der Waals surface area contributed by atoms with E-state index in [-0.39, 0.29) is 5.92 Å². The van der Waals surface area contributed by atoms with Crippen molar-refractivity contribution in [3.63, 3.8) is 0 Å². The van der Waals surface area contributed by atoms with Crippen molar-refractivity contribution in [2.45, 2.75) is 32.1 Å². The molecule has 0 bridgehead atoms. The van der Waals surface area contributed by atoms with Gasteiger partial charge in [0.2, 0.25) is 0 Å². The van der Waals surface area contributed by atoms with E-state index >= 15 is 0 Å². The Morgan fingerprint density at radius 1 is 1.53 bits per heavy atom. The number of pyridine rings is 1. The van der Waals surface area contributed by atoms with Crippen LogP contribution in [-0.4, -0.2) is 10.8 Å². The van der Waals surface area contributed by atoms with Gasteiger partial charge in [0, 0.05) is 12.1 Å². The van der Waals surface area contributed by atoms with Gasteiger partial charge < -0.3 is 0 Å². The summed E-state index contributed by atoms with van der Waals surface area (Å²) in [5, 5.41) is 0. The van der Waals surface area contributed by atoms with Crippen LogP contribution in [0.25, 0.3) is 0 Å². The largest absolute Gasteiger partial charge is 0.299 e. The molecular formula is C13H15NO. The lowest BCUT2D eigenvalue weighted by molar-refractivity contribution is -0.122. The van der Waals surface area contributed by atoms with E-state index in [4.69, 9.17) is 0 Å². The Labute approximate surface area is 89.7 Å². The molecule has 0 aliphatic heterocycles. The van der Waals surface area contributed by atoms with Crippen LogP contribution in [0, 0.1) is 11.8 Å². The lowest BCUT2D eigenvalue weighted by atomic mass is 9.97. The summed E-state index contributed by atoms with van der Waals surface area (Å²) < 4.78 is 0.